The number of nitrogens with two attached hydrogens (primary N) is 1. The van der Waals surface area contributed by atoms with E-state index >= 15 is 0 Å². The zero-order chi connectivity index (χ0) is 15.5. The van der Waals surface area contributed by atoms with Crippen LogP contribution >= 0.6 is 12.4 Å². The van der Waals surface area contributed by atoms with Crippen molar-refractivity contribution in [3.05, 3.63) is 18.0 Å². The highest BCUT2D eigenvalue weighted by molar-refractivity contribution is 5.97. The number of hydrogen-bond acceptors (Lipinski definition) is 4. The minimum absolute atomic E-state index is 0. The highest BCUT2D eigenvalue weighted by atomic mass is 35.5. The first-order valence-electron chi connectivity index (χ1n) is 6.56. The van der Waals surface area contributed by atoms with Crippen molar-refractivity contribution in [3.63, 3.8) is 0 Å². The Labute approximate surface area is 131 Å². The Morgan fingerprint density at radius 3 is 2.48 bits per heavy atom. The van der Waals surface area contributed by atoms with Gasteiger partial charge in [0.05, 0.1) is 18.3 Å². The smallest absolute Gasteiger partial charge is 0.355 e. The van der Waals surface area contributed by atoms with E-state index in [0.29, 0.717) is 18.0 Å². The average Bonchev–Trinajstić information content (AvgIpc) is 2.68. The van der Waals surface area contributed by atoms with E-state index in [0.717, 1.165) is 0 Å². The molecule has 0 saturated heterocycles. The minimum Gasteiger partial charge on any atom is -0.461 e. The summed E-state index contributed by atoms with van der Waals surface area (Å²) in [6.07, 6.45) is 1.65. The number of carbonyl (C=O) groups is 2. The lowest BCUT2D eigenvalue weighted by Gasteiger charge is -2.25. The Morgan fingerprint density at radius 1 is 1.43 bits per heavy atom. The Bertz CT molecular complexity index is 506. The van der Waals surface area contributed by atoms with E-state index in [9.17, 15) is 9.59 Å². The molecule has 3 N–H and O–H groups in total. The number of ether oxygens (including phenoxy) is 1. The molecule has 0 saturated carbocycles. The number of esters is 1. The molecule has 1 heterocycles. The van der Waals surface area contributed by atoms with Gasteiger partial charge in [0.25, 0.3) is 0 Å². The summed E-state index contributed by atoms with van der Waals surface area (Å²) in [4.78, 5) is 23.7. The van der Waals surface area contributed by atoms with Gasteiger partial charge in [-0.25, -0.2) is 4.79 Å². The van der Waals surface area contributed by atoms with Crippen LogP contribution in [0.1, 0.15) is 38.2 Å². The summed E-state index contributed by atoms with van der Waals surface area (Å²) < 4.78 is 6.54. The summed E-state index contributed by atoms with van der Waals surface area (Å²) >= 11 is 0. The molecular weight excluding hydrogens is 294 g/mol. The molecule has 0 spiro atoms. The summed E-state index contributed by atoms with van der Waals surface area (Å²) in [5.74, 6) is -0.700. The van der Waals surface area contributed by atoms with Crippen LogP contribution < -0.4 is 11.1 Å². The van der Waals surface area contributed by atoms with Crippen LogP contribution in [0.25, 0.3) is 0 Å². The maximum absolute atomic E-state index is 12.0. The lowest BCUT2D eigenvalue weighted by Crippen LogP contribution is -2.45. The van der Waals surface area contributed by atoms with Crippen molar-refractivity contribution in [3.8, 4) is 0 Å². The Morgan fingerprint density at radius 2 is 2.00 bits per heavy atom. The molecule has 0 fully saturated rings. The molecule has 1 aromatic heterocycles. The monoisotopic (exact) mass is 317 g/mol. The normalized spacial score (nSPS) is 12.3. The second-order valence-electron chi connectivity index (χ2n) is 5.78. The van der Waals surface area contributed by atoms with Crippen molar-refractivity contribution in [2.75, 3.05) is 11.9 Å². The van der Waals surface area contributed by atoms with Crippen LogP contribution in [0.2, 0.25) is 0 Å². The number of anilines is 1. The van der Waals surface area contributed by atoms with Gasteiger partial charge in [-0.2, -0.15) is 0 Å². The average molecular weight is 318 g/mol. The van der Waals surface area contributed by atoms with E-state index in [-0.39, 0.29) is 23.7 Å². The van der Waals surface area contributed by atoms with Crippen molar-refractivity contribution in [1.29, 1.82) is 0 Å². The first kappa shape index (κ1) is 19.5. The zero-order valence-electron chi connectivity index (χ0n) is 13.1. The van der Waals surface area contributed by atoms with E-state index < -0.39 is 12.0 Å². The fourth-order valence-electron chi connectivity index (χ4n) is 1.65. The van der Waals surface area contributed by atoms with Crippen LogP contribution in [0, 0.1) is 5.41 Å². The molecule has 0 radical (unpaired) electrons. The number of nitrogens with zero attached hydrogens (tertiary/aromatic N) is 1. The summed E-state index contributed by atoms with van der Waals surface area (Å²) in [7, 11) is 1.71. The van der Waals surface area contributed by atoms with E-state index in [1.54, 1.807) is 30.8 Å². The van der Waals surface area contributed by atoms with Gasteiger partial charge < -0.3 is 20.4 Å². The Balaban J connectivity index is 0.00000400. The summed E-state index contributed by atoms with van der Waals surface area (Å²) in [5, 5.41) is 2.71. The van der Waals surface area contributed by atoms with E-state index in [2.05, 4.69) is 5.32 Å². The molecule has 0 bridgehead atoms. The summed E-state index contributed by atoms with van der Waals surface area (Å²) in [6.45, 7) is 7.73. The van der Waals surface area contributed by atoms with Crippen molar-refractivity contribution in [2.45, 2.75) is 33.7 Å². The van der Waals surface area contributed by atoms with E-state index in [1.165, 1.54) is 0 Å². The molecule has 120 valence electrons. The number of nitrogens with one attached hydrogen (secondary N) is 1. The van der Waals surface area contributed by atoms with Crippen molar-refractivity contribution in [2.24, 2.45) is 18.2 Å². The number of rotatable bonds is 4. The summed E-state index contributed by atoms with van der Waals surface area (Å²) in [6, 6.07) is 0.944. The topological polar surface area (TPSA) is 86.3 Å². The number of aromatic nitrogens is 1. The van der Waals surface area contributed by atoms with E-state index in [4.69, 9.17) is 10.5 Å². The standard InChI is InChI=1S/C14H23N3O3.ClH/c1-6-20-13(19)10-7-9(8-17(10)5)16-12(18)11(15)14(2,3)4;/h7-8,11H,6,15H2,1-5H3,(H,16,18);1H/t11-;/m1./s1. The maximum Gasteiger partial charge on any atom is 0.355 e. The van der Waals surface area contributed by atoms with Gasteiger partial charge in [-0.05, 0) is 18.4 Å². The number of hydrogen-bond donors (Lipinski definition) is 2. The molecule has 21 heavy (non-hydrogen) atoms. The fourth-order valence-corrected chi connectivity index (χ4v) is 1.65. The predicted molar refractivity (Wildman–Crippen MR) is 84.7 cm³/mol. The highest BCUT2D eigenvalue weighted by Crippen LogP contribution is 2.20. The first-order chi connectivity index (χ1) is 9.16. The van der Waals surface area contributed by atoms with Gasteiger partial charge >= 0.3 is 5.97 Å². The largest absolute Gasteiger partial charge is 0.461 e. The Hall–Kier alpha value is -1.53. The Kier molecular flexibility index (Phi) is 6.93. The number of halogens is 1. The number of amides is 1. The third-order valence-electron chi connectivity index (χ3n) is 2.97. The lowest BCUT2D eigenvalue weighted by atomic mass is 9.87. The van der Waals surface area contributed by atoms with Crippen LogP contribution in [-0.4, -0.2) is 29.1 Å². The molecular formula is C14H24ClN3O3. The number of aryl methyl sites for hydroxylation is 1. The third kappa shape index (κ3) is 5.06. The summed E-state index contributed by atoms with van der Waals surface area (Å²) in [5.41, 5.74) is 6.46. The van der Waals surface area contributed by atoms with Gasteiger partial charge in [0.1, 0.15) is 5.69 Å². The maximum atomic E-state index is 12.0. The molecule has 1 aromatic rings. The van der Waals surface area contributed by atoms with Gasteiger partial charge in [0, 0.05) is 13.2 Å². The zero-order valence-corrected chi connectivity index (χ0v) is 13.9. The molecule has 1 rings (SSSR count). The second kappa shape index (κ2) is 7.47. The van der Waals surface area contributed by atoms with Crippen LogP contribution in [0.5, 0.6) is 0 Å². The van der Waals surface area contributed by atoms with Gasteiger partial charge in [0.2, 0.25) is 5.91 Å². The predicted octanol–water partition coefficient (Wildman–Crippen LogP) is 1.94. The van der Waals surface area contributed by atoms with Crippen LogP contribution in [-0.2, 0) is 16.6 Å². The molecule has 6 nitrogen and oxygen atoms in total. The second-order valence-corrected chi connectivity index (χ2v) is 5.78. The van der Waals surface area contributed by atoms with E-state index in [1.807, 2.05) is 20.8 Å². The molecule has 0 aliphatic heterocycles. The van der Waals surface area contributed by atoms with Gasteiger partial charge in [-0.3, -0.25) is 4.79 Å². The third-order valence-corrected chi connectivity index (χ3v) is 2.97. The van der Waals surface area contributed by atoms with Gasteiger partial charge in [-0.1, -0.05) is 20.8 Å². The molecule has 0 unspecified atom stereocenters. The van der Waals surface area contributed by atoms with Crippen LogP contribution in [0.15, 0.2) is 12.3 Å². The minimum atomic E-state index is -0.631. The molecule has 1 amide bonds. The quantitative estimate of drug-likeness (QED) is 0.831. The van der Waals surface area contributed by atoms with Crippen molar-refractivity contribution >= 4 is 30.0 Å². The van der Waals surface area contributed by atoms with Crippen molar-refractivity contribution in [1.82, 2.24) is 4.57 Å². The molecule has 7 heteroatoms. The first-order valence-corrected chi connectivity index (χ1v) is 6.56. The molecule has 0 aromatic carbocycles. The fraction of sp³-hybridized carbons (Fsp3) is 0.571. The van der Waals surface area contributed by atoms with Crippen molar-refractivity contribution < 1.29 is 14.3 Å². The van der Waals surface area contributed by atoms with Gasteiger partial charge in [0.15, 0.2) is 0 Å². The highest BCUT2D eigenvalue weighted by Gasteiger charge is 2.27. The molecule has 0 aliphatic rings. The molecule has 0 aliphatic carbocycles. The molecule has 1 atom stereocenters. The number of carbonyl (C=O) groups excluding carboxylic acids is 2. The van der Waals surface area contributed by atoms with Gasteiger partial charge in [-0.15, -0.1) is 12.4 Å². The lowest BCUT2D eigenvalue weighted by molar-refractivity contribution is -0.119. The van der Waals surface area contributed by atoms with Crippen LogP contribution in [0.3, 0.4) is 0 Å². The van der Waals surface area contributed by atoms with Crippen LogP contribution in [0.4, 0.5) is 5.69 Å². The SMILES string of the molecule is CCOC(=O)c1cc(NC(=O)[C@@H](N)C(C)(C)C)cn1C.Cl.